The molecule has 1 heterocycles. The van der Waals surface area contributed by atoms with Gasteiger partial charge in [0.05, 0.1) is 17.6 Å². The first-order chi connectivity index (χ1) is 6.75. The van der Waals surface area contributed by atoms with Crippen LogP contribution in [0.5, 0.6) is 0 Å². The first kappa shape index (κ1) is 8.62. The van der Waals surface area contributed by atoms with E-state index in [9.17, 15) is 0 Å². The number of allylic oxidation sites excluding steroid dienone is 4. The third-order valence-electron chi connectivity index (χ3n) is 2.62. The molecule has 2 atom stereocenters. The van der Waals surface area contributed by atoms with Crippen LogP contribution < -0.4 is 0 Å². The highest BCUT2D eigenvalue weighted by molar-refractivity contribution is 9.11. The Hall–Kier alpha value is -0.670. The highest BCUT2D eigenvalue weighted by Gasteiger charge is 2.39. The third-order valence-corrected chi connectivity index (χ3v) is 3.33. The summed E-state index contributed by atoms with van der Waals surface area (Å²) in [5.41, 5.74) is 2.08. The maximum Gasteiger partial charge on any atom is 0.147 e. The van der Waals surface area contributed by atoms with Gasteiger partial charge in [-0.15, -0.1) is 0 Å². The summed E-state index contributed by atoms with van der Waals surface area (Å²) in [4.78, 5) is 8.57. The number of rotatable bonds is 0. The van der Waals surface area contributed by atoms with Gasteiger partial charge in [0.1, 0.15) is 5.15 Å². The molecule has 1 unspecified atom stereocenters. The Bertz CT molecular complexity index is 467. The standard InChI is InChI=1S/C10H6BrClN2/c11-5-1-2-6-7(3-5)10-9(6)13-4-8(12)14-10/h1-4,6-7H/t6?,7-/m1/s1. The fourth-order valence-electron chi connectivity index (χ4n) is 1.95. The average molecular weight is 270 g/mol. The molecule has 0 aromatic carbocycles. The normalized spacial score (nSPS) is 27.4. The van der Waals surface area contributed by atoms with Crippen molar-refractivity contribution in [2.24, 2.45) is 0 Å². The molecule has 0 spiro atoms. The van der Waals surface area contributed by atoms with Gasteiger partial charge in [-0.3, -0.25) is 4.98 Å². The van der Waals surface area contributed by atoms with Crippen LogP contribution in [0.25, 0.3) is 0 Å². The van der Waals surface area contributed by atoms with Crippen LogP contribution >= 0.6 is 27.5 Å². The average Bonchev–Trinajstić information content (AvgIpc) is 2.17. The number of hydrogen-bond acceptors (Lipinski definition) is 2. The van der Waals surface area contributed by atoms with E-state index in [0.29, 0.717) is 17.0 Å². The van der Waals surface area contributed by atoms with Gasteiger partial charge in [-0.2, -0.15) is 0 Å². The molecule has 0 bridgehead atoms. The number of fused-ring (bicyclic) bond motifs is 4. The Morgan fingerprint density at radius 3 is 3.00 bits per heavy atom. The second-order valence-corrected chi connectivity index (χ2v) is 4.73. The van der Waals surface area contributed by atoms with E-state index in [-0.39, 0.29) is 0 Å². The van der Waals surface area contributed by atoms with Gasteiger partial charge in [0.15, 0.2) is 0 Å². The number of aromatic nitrogens is 2. The van der Waals surface area contributed by atoms with Crippen molar-refractivity contribution in [1.29, 1.82) is 0 Å². The predicted molar refractivity (Wildman–Crippen MR) is 58.7 cm³/mol. The molecular formula is C10H6BrClN2. The zero-order chi connectivity index (χ0) is 9.71. The van der Waals surface area contributed by atoms with Crippen LogP contribution in [0.15, 0.2) is 28.9 Å². The maximum atomic E-state index is 5.79. The quantitative estimate of drug-likeness (QED) is 0.723. The number of halogens is 2. The Labute approximate surface area is 94.8 Å². The molecule has 14 heavy (non-hydrogen) atoms. The zero-order valence-corrected chi connectivity index (χ0v) is 9.46. The molecule has 2 aliphatic rings. The van der Waals surface area contributed by atoms with Crippen LogP contribution in [0.4, 0.5) is 0 Å². The fraction of sp³-hybridized carbons (Fsp3) is 0.200. The zero-order valence-electron chi connectivity index (χ0n) is 7.11. The monoisotopic (exact) mass is 268 g/mol. The minimum Gasteiger partial charge on any atom is -0.255 e. The first-order valence-corrected chi connectivity index (χ1v) is 5.50. The predicted octanol–water partition coefficient (Wildman–Crippen LogP) is 3.16. The second-order valence-electron chi connectivity index (χ2n) is 3.43. The highest BCUT2D eigenvalue weighted by atomic mass is 79.9. The number of nitrogens with zero attached hydrogens (tertiary/aromatic N) is 2. The topological polar surface area (TPSA) is 25.8 Å². The SMILES string of the molecule is Clc1cnc2c(n1)[C@@H]1C=C(Br)C=CC21. The van der Waals surface area contributed by atoms with Crippen molar-refractivity contribution in [2.45, 2.75) is 11.8 Å². The highest BCUT2D eigenvalue weighted by Crippen LogP contribution is 2.49. The lowest BCUT2D eigenvalue weighted by molar-refractivity contribution is 0.581. The van der Waals surface area contributed by atoms with Gasteiger partial charge >= 0.3 is 0 Å². The molecule has 0 radical (unpaired) electrons. The van der Waals surface area contributed by atoms with E-state index in [1.807, 2.05) is 0 Å². The van der Waals surface area contributed by atoms with Crippen molar-refractivity contribution in [1.82, 2.24) is 9.97 Å². The smallest absolute Gasteiger partial charge is 0.147 e. The van der Waals surface area contributed by atoms with Gasteiger partial charge in [0.25, 0.3) is 0 Å². The van der Waals surface area contributed by atoms with Crippen LogP contribution in [0, 0.1) is 0 Å². The summed E-state index contributed by atoms with van der Waals surface area (Å²) in [5.74, 6) is 0.756. The van der Waals surface area contributed by atoms with Crippen molar-refractivity contribution < 1.29 is 0 Å². The molecule has 1 aromatic rings. The first-order valence-electron chi connectivity index (χ1n) is 4.33. The lowest BCUT2D eigenvalue weighted by atomic mass is 9.72. The summed E-state index contributed by atoms with van der Waals surface area (Å²) in [7, 11) is 0. The van der Waals surface area contributed by atoms with Crippen LogP contribution in [0.2, 0.25) is 5.15 Å². The van der Waals surface area contributed by atoms with Crippen molar-refractivity contribution in [3.63, 3.8) is 0 Å². The molecule has 0 N–H and O–H groups in total. The van der Waals surface area contributed by atoms with E-state index in [1.54, 1.807) is 6.20 Å². The molecule has 0 saturated carbocycles. The van der Waals surface area contributed by atoms with Gasteiger partial charge in [0, 0.05) is 16.3 Å². The second kappa shape index (κ2) is 2.91. The molecule has 2 aliphatic carbocycles. The lowest BCUT2D eigenvalue weighted by Gasteiger charge is -2.35. The minimum atomic E-state index is 0.357. The summed E-state index contributed by atoms with van der Waals surface area (Å²) < 4.78 is 1.10. The van der Waals surface area contributed by atoms with Crippen LogP contribution in [-0.4, -0.2) is 9.97 Å². The summed E-state index contributed by atoms with van der Waals surface area (Å²) in [6.07, 6.45) is 7.97. The van der Waals surface area contributed by atoms with Crippen molar-refractivity contribution in [3.05, 3.63) is 45.4 Å². The Kier molecular flexibility index (Phi) is 1.79. The largest absolute Gasteiger partial charge is 0.255 e. The van der Waals surface area contributed by atoms with E-state index < -0.39 is 0 Å². The summed E-state index contributed by atoms with van der Waals surface area (Å²) in [6.45, 7) is 0. The molecule has 0 saturated heterocycles. The molecular weight excluding hydrogens is 263 g/mol. The maximum absolute atomic E-state index is 5.79. The number of hydrogen-bond donors (Lipinski definition) is 0. The molecule has 0 fully saturated rings. The molecule has 3 rings (SSSR count). The van der Waals surface area contributed by atoms with Crippen LogP contribution in [0.1, 0.15) is 23.2 Å². The Morgan fingerprint density at radius 2 is 2.14 bits per heavy atom. The van der Waals surface area contributed by atoms with Crippen LogP contribution in [-0.2, 0) is 0 Å². The van der Waals surface area contributed by atoms with Gasteiger partial charge in [-0.25, -0.2) is 4.98 Å². The third kappa shape index (κ3) is 1.09. The van der Waals surface area contributed by atoms with Crippen LogP contribution in [0.3, 0.4) is 0 Å². The Morgan fingerprint density at radius 1 is 1.29 bits per heavy atom. The Balaban J connectivity index is 2.12. The molecule has 0 aliphatic heterocycles. The van der Waals surface area contributed by atoms with Gasteiger partial charge in [-0.05, 0) is 0 Å². The van der Waals surface area contributed by atoms with E-state index in [2.05, 4.69) is 44.1 Å². The lowest BCUT2D eigenvalue weighted by Crippen LogP contribution is -2.26. The molecule has 70 valence electrons. The molecule has 4 heteroatoms. The summed E-state index contributed by atoms with van der Waals surface area (Å²) in [6, 6.07) is 0. The van der Waals surface area contributed by atoms with E-state index in [4.69, 9.17) is 11.6 Å². The fourth-order valence-corrected chi connectivity index (χ4v) is 2.53. The summed E-state index contributed by atoms with van der Waals surface area (Å²) >= 11 is 9.25. The molecule has 0 amide bonds. The van der Waals surface area contributed by atoms with E-state index >= 15 is 0 Å². The van der Waals surface area contributed by atoms with E-state index in [1.165, 1.54) is 0 Å². The molecule has 1 aromatic heterocycles. The molecule has 2 nitrogen and oxygen atoms in total. The van der Waals surface area contributed by atoms with Gasteiger partial charge < -0.3 is 0 Å². The minimum absolute atomic E-state index is 0.357. The van der Waals surface area contributed by atoms with Crippen molar-refractivity contribution in [3.8, 4) is 0 Å². The van der Waals surface area contributed by atoms with Gasteiger partial charge in [0.2, 0.25) is 0 Å². The van der Waals surface area contributed by atoms with Crippen molar-refractivity contribution in [2.75, 3.05) is 0 Å². The van der Waals surface area contributed by atoms with Crippen molar-refractivity contribution >= 4 is 27.5 Å². The summed E-state index contributed by atoms with van der Waals surface area (Å²) in [5, 5.41) is 0.473. The van der Waals surface area contributed by atoms with Gasteiger partial charge in [-0.1, -0.05) is 45.8 Å². The van der Waals surface area contributed by atoms with E-state index in [0.717, 1.165) is 15.9 Å².